The lowest BCUT2D eigenvalue weighted by Crippen LogP contribution is -2.50. The molecule has 0 aromatic heterocycles. The molecule has 0 aliphatic rings. The summed E-state index contributed by atoms with van der Waals surface area (Å²) in [5.41, 5.74) is 5.48. The summed E-state index contributed by atoms with van der Waals surface area (Å²) in [6.07, 6.45) is 0.376. The van der Waals surface area contributed by atoms with Gasteiger partial charge in [-0.05, 0) is 12.3 Å². The van der Waals surface area contributed by atoms with Gasteiger partial charge in [0.15, 0.2) is 0 Å². The van der Waals surface area contributed by atoms with Gasteiger partial charge in [0.2, 0.25) is 5.91 Å². The number of carbonyl (C=O) groups is 2. The van der Waals surface area contributed by atoms with Gasteiger partial charge >= 0.3 is 5.97 Å². The van der Waals surface area contributed by atoms with Crippen molar-refractivity contribution in [3.8, 4) is 0 Å². The standard InChI is InChI=1S/C10H20N2O4/c1-6(2)4-8(10(14)15)12-9(13)7(11)5-16-3/h6-8H,4-5,11H2,1-3H3,(H,12,13)(H,14,15)/t7-,8-/m0/s1. The zero-order chi connectivity index (χ0) is 12.7. The minimum absolute atomic E-state index is 0.0693. The Bertz CT molecular complexity index is 243. The predicted molar refractivity (Wildman–Crippen MR) is 58.9 cm³/mol. The van der Waals surface area contributed by atoms with E-state index >= 15 is 0 Å². The zero-order valence-corrected chi connectivity index (χ0v) is 9.90. The highest BCUT2D eigenvalue weighted by atomic mass is 16.5. The molecule has 0 aromatic carbocycles. The van der Waals surface area contributed by atoms with Crippen molar-refractivity contribution in [1.29, 1.82) is 0 Å². The monoisotopic (exact) mass is 232 g/mol. The van der Waals surface area contributed by atoms with Gasteiger partial charge in [-0.25, -0.2) is 4.79 Å². The largest absolute Gasteiger partial charge is 0.480 e. The zero-order valence-electron chi connectivity index (χ0n) is 9.90. The van der Waals surface area contributed by atoms with Gasteiger partial charge in [-0.15, -0.1) is 0 Å². The van der Waals surface area contributed by atoms with Crippen LogP contribution in [0.3, 0.4) is 0 Å². The highest BCUT2D eigenvalue weighted by Gasteiger charge is 2.23. The lowest BCUT2D eigenvalue weighted by atomic mass is 10.0. The molecule has 6 nitrogen and oxygen atoms in total. The molecule has 94 valence electrons. The molecule has 16 heavy (non-hydrogen) atoms. The number of hydrogen-bond acceptors (Lipinski definition) is 4. The topological polar surface area (TPSA) is 102 Å². The number of hydrogen-bond donors (Lipinski definition) is 3. The second-order valence-electron chi connectivity index (χ2n) is 4.09. The number of carbonyl (C=O) groups excluding carboxylic acids is 1. The molecule has 1 amide bonds. The number of nitrogens with one attached hydrogen (secondary N) is 1. The van der Waals surface area contributed by atoms with E-state index in [4.69, 9.17) is 15.6 Å². The van der Waals surface area contributed by atoms with E-state index in [2.05, 4.69) is 5.32 Å². The number of carboxylic acids is 1. The average molecular weight is 232 g/mol. The van der Waals surface area contributed by atoms with Crippen LogP contribution in [0.1, 0.15) is 20.3 Å². The van der Waals surface area contributed by atoms with Gasteiger partial charge in [0.05, 0.1) is 6.61 Å². The molecule has 0 bridgehead atoms. The van der Waals surface area contributed by atoms with E-state index in [-0.39, 0.29) is 12.5 Å². The van der Waals surface area contributed by atoms with E-state index in [0.717, 1.165) is 0 Å². The Kier molecular flexibility index (Phi) is 6.67. The first-order valence-corrected chi connectivity index (χ1v) is 5.16. The van der Waals surface area contributed by atoms with Crippen LogP contribution in [-0.4, -0.2) is 42.8 Å². The average Bonchev–Trinajstić information content (AvgIpc) is 2.16. The van der Waals surface area contributed by atoms with Crippen LogP contribution in [0.15, 0.2) is 0 Å². The van der Waals surface area contributed by atoms with Gasteiger partial charge < -0.3 is 20.9 Å². The summed E-state index contributed by atoms with van der Waals surface area (Å²) in [7, 11) is 1.43. The molecule has 0 saturated heterocycles. The van der Waals surface area contributed by atoms with Crippen LogP contribution in [0.25, 0.3) is 0 Å². The van der Waals surface area contributed by atoms with E-state index in [1.54, 1.807) is 0 Å². The Morgan fingerprint density at radius 3 is 2.38 bits per heavy atom. The van der Waals surface area contributed by atoms with Crippen LogP contribution in [0, 0.1) is 5.92 Å². The first-order chi connectivity index (χ1) is 7.38. The molecule has 0 rings (SSSR count). The molecule has 0 aliphatic carbocycles. The number of rotatable bonds is 7. The van der Waals surface area contributed by atoms with Crippen LogP contribution in [0.4, 0.5) is 0 Å². The lowest BCUT2D eigenvalue weighted by Gasteiger charge is -2.18. The molecular formula is C10H20N2O4. The second-order valence-corrected chi connectivity index (χ2v) is 4.09. The Morgan fingerprint density at radius 1 is 1.44 bits per heavy atom. The molecule has 0 fully saturated rings. The molecule has 2 atom stereocenters. The van der Waals surface area contributed by atoms with Crippen LogP contribution in [0.2, 0.25) is 0 Å². The minimum Gasteiger partial charge on any atom is -0.480 e. The number of methoxy groups -OCH3 is 1. The molecule has 6 heteroatoms. The Labute approximate surface area is 95.1 Å². The van der Waals surface area contributed by atoms with Gasteiger partial charge in [-0.2, -0.15) is 0 Å². The van der Waals surface area contributed by atoms with Crippen LogP contribution in [0.5, 0.6) is 0 Å². The SMILES string of the molecule is COC[C@H](N)C(=O)N[C@@H](CC(C)C)C(=O)O. The first-order valence-electron chi connectivity index (χ1n) is 5.16. The van der Waals surface area contributed by atoms with E-state index in [1.807, 2.05) is 13.8 Å². The highest BCUT2D eigenvalue weighted by molar-refractivity contribution is 5.86. The van der Waals surface area contributed by atoms with Gasteiger partial charge in [-0.1, -0.05) is 13.8 Å². The number of nitrogens with two attached hydrogens (primary N) is 1. The second kappa shape index (κ2) is 7.19. The molecule has 0 unspecified atom stereocenters. The van der Waals surface area contributed by atoms with E-state index < -0.39 is 24.0 Å². The van der Waals surface area contributed by atoms with Crippen LogP contribution >= 0.6 is 0 Å². The smallest absolute Gasteiger partial charge is 0.326 e. The quantitative estimate of drug-likeness (QED) is 0.553. The van der Waals surface area contributed by atoms with Gasteiger partial charge in [0.1, 0.15) is 12.1 Å². The molecule has 0 saturated carbocycles. The fourth-order valence-corrected chi connectivity index (χ4v) is 1.23. The third-order valence-corrected chi connectivity index (χ3v) is 2.00. The van der Waals surface area contributed by atoms with Gasteiger partial charge in [0.25, 0.3) is 0 Å². The van der Waals surface area contributed by atoms with E-state index in [0.29, 0.717) is 6.42 Å². The van der Waals surface area contributed by atoms with E-state index in [9.17, 15) is 9.59 Å². The van der Waals surface area contributed by atoms with Crippen molar-refractivity contribution in [3.63, 3.8) is 0 Å². The Hall–Kier alpha value is -1.14. The fourth-order valence-electron chi connectivity index (χ4n) is 1.23. The predicted octanol–water partition coefficient (Wildman–Crippen LogP) is -0.424. The summed E-state index contributed by atoms with van der Waals surface area (Å²) in [5.74, 6) is -1.37. The molecule has 0 spiro atoms. The van der Waals surface area contributed by atoms with Crippen molar-refractivity contribution < 1.29 is 19.4 Å². The maximum atomic E-state index is 11.4. The summed E-state index contributed by atoms with van der Waals surface area (Å²) in [4.78, 5) is 22.3. The summed E-state index contributed by atoms with van der Waals surface area (Å²) in [6.45, 7) is 3.84. The molecular weight excluding hydrogens is 212 g/mol. The summed E-state index contributed by atoms with van der Waals surface area (Å²) < 4.78 is 4.71. The summed E-state index contributed by atoms with van der Waals surface area (Å²) in [5, 5.41) is 11.3. The molecule has 0 radical (unpaired) electrons. The molecule has 0 heterocycles. The molecule has 0 aromatic rings. The summed E-state index contributed by atoms with van der Waals surface area (Å²) >= 11 is 0. The number of amides is 1. The normalized spacial score (nSPS) is 14.6. The maximum absolute atomic E-state index is 11.4. The van der Waals surface area contributed by atoms with Crippen molar-refractivity contribution in [2.24, 2.45) is 11.7 Å². The maximum Gasteiger partial charge on any atom is 0.326 e. The van der Waals surface area contributed by atoms with Crippen molar-refractivity contribution in [2.45, 2.75) is 32.4 Å². The van der Waals surface area contributed by atoms with Crippen LogP contribution < -0.4 is 11.1 Å². The van der Waals surface area contributed by atoms with Crippen molar-refractivity contribution in [3.05, 3.63) is 0 Å². The summed E-state index contributed by atoms with van der Waals surface area (Å²) in [6, 6.07) is -1.73. The van der Waals surface area contributed by atoms with Gasteiger partial charge in [-0.3, -0.25) is 4.79 Å². The number of ether oxygens (including phenoxy) is 1. The van der Waals surface area contributed by atoms with Gasteiger partial charge in [0, 0.05) is 7.11 Å². The Morgan fingerprint density at radius 2 is 2.00 bits per heavy atom. The van der Waals surface area contributed by atoms with Crippen molar-refractivity contribution >= 4 is 11.9 Å². The lowest BCUT2D eigenvalue weighted by molar-refractivity contribution is -0.142. The third kappa shape index (κ3) is 5.67. The van der Waals surface area contributed by atoms with Crippen molar-refractivity contribution in [2.75, 3.05) is 13.7 Å². The molecule has 0 aliphatic heterocycles. The van der Waals surface area contributed by atoms with Crippen LogP contribution in [-0.2, 0) is 14.3 Å². The highest BCUT2D eigenvalue weighted by Crippen LogP contribution is 2.05. The van der Waals surface area contributed by atoms with Crippen molar-refractivity contribution in [1.82, 2.24) is 5.32 Å². The molecule has 4 N–H and O–H groups in total. The minimum atomic E-state index is -1.05. The first kappa shape index (κ1) is 14.9. The number of carboxylic acid groups (broad SMARTS) is 1. The Balaban J connectivity index is 4.28. The number of aliphatic carboxylic acids is 1. The fraction of sp³-hybridized carbons (Fsp3) is 0.800. The third-order valence-electron chi connectivity index (χ3n) is 2.00. The van der Waals surface area contributed by atoms with E-state index in [1.165, 1.54) is 7.11 Å².